The summed E-state index contributed by atoms with van der Waals surface area (Å²) in [4.78, 5) is 11.3. The lowest BCUT2D eigenvalue weighted by molar-refractivity contribution is 0.0600. The molecule has 0 aliphatic heterocycles. The first-order valence-electron chi connectivity index (χ1n) is 6.14. The van der Waals surface area contributed by atoms with Crippen molar-refractivity contribution in [1.29, 1.82) is 0 Å². The van der Waals surface area contributed by atoms with Gasteiger partial charge in [0.15, 0.2) is 5.75 Å². The van der Waals surface area contributed by atoms with E-state index in [0.717, 1.165) is 0 Å². The van der Waals surface area contributed by atoms with Crippen molar-refractivity contribution in [2.24, 2.45) is 0 Å². The topological polar surface area (TPSA) is 92.7 Å². The Hall–Kier alpha value is -1.77. The number of anilines is 1. The van der Waals surface area contributed by atoms with E-state index in [2.05, 4.69) is 25.4 Å². The van der Waals surface area contributed by atoms with Crippen LogP contribution in [0.1, 0.15) is 10.4 Å². The van der Waals surface area contributed by atoms with Crippen LogP contribution in [0.15, 0.2) is 45.8 Å². The SMILES string of the molecule is COC(=O)c1cccc(S(=O)(=O)Nc2cc(Cl)cc(Br)c2O)c1. The highest BCUT2D eigenvalue weighted by Crippen LogP contribution is 2.36. The summed E-state index contributed by atoms with van der Waals surface area (Å²) in [6.07, 6.45) is 0. The maximum Gasteiger partial charge on any atom is 0.337 e. The molecule has 0 saturated carbocycles. The van der Waals surface area contributed by atoms with Gasteiger partial charge in [-0.15, -0.1) is 0 Å². The van der Waals surface area contributed by atoms with Gasteiger partial charge in [-0.05, 0) is 46.3 Å². The Kier molecular flexibility index (Phi) is 5.18. The number of ether oxygens (including phenoxy) is 1. The third kappa shape index (κ3) is 3.95. The number of sulfonamides is 1. The molecule has 0 aromatic heterocycles. The van der Waals surface area contributed by atoms with Gasteiger partial charge < -0.3 is 9.84 Å². The molecule has 2 aromatic carbocycles. The molecule has 0 atom stereocenters. The fourth-order valence-corrected chi connectivity index (χ4v) is 3.67. The van der Waals surface area contributed by atoms with Gasteiger partial charge in [-0.3, -0.25) is 4.72 Å². The predicted octanol–water partition coefficient (Wildman–Crippen LogP) is 3.40. The zero-order valence-electron chi connectivity index (χ0n) is 11.7. The number of nitrogens with one attached hydrogen (secondary N) is 1. The van der Waals surface area contributed by atoms with E-state index in [1.807, 2.05) is 0 Å². The summed E-state index contributed by atoms with van der Waals surface area (Å²) in [5.41, 5.74) is -0.000261. The van der Waals surface area contributed by atoms with Crippen LogP contribution in [-0.4, -0.2) is 26.6 Å². The molecule has 6 nitrogen and oxygen atoms in total. The lowest BCUT2D eigenvalue weighted by atomic mass is 10.2. The molecule has 0 radical (unpaired) electrons. The molecular formula is C14H11BrClNO5S. The molecule has 9 heteroatoms. The Morgan fingerprint density at radius 1 is 1.30 bits per heavy atom. The van der Waals surface area contributed by atoms with Crippen molar-refractivity contribution in [3.8, 4) is 5.75 Å². The largest absolute Gasteiger partial charge is 0.505 e. The van der Waals surface area contributed by atoms with Crippen LogP contribution < -0.4 is 4.72 Å². The summed E-state index contributed by atoms with van der Waals surface area (Å²) in [5.74, 6) is -0.961. The zero-order valence-corrected chi connectivity index (χ0v) is 14.9. The Labute approximate surface area is 146 Å². The van der Waals surface area contributed by atoms with E-state index in [1.165, 1.54) is 43.5 Å². The van der Waals surface area contributed by atoms with Crippen LogP contribution in [0.5, 0.6) is 5.75 Å². The van der Waals surface area contributed by atoms with Crippen molar-refractivity contribution in [1.82, 2.24) is 0 Å². The molecule has 122 valence electrons. The molecule has 0 unspecified atom stereocenters. The summed E-state index contributed by atoms with van der Waals surface area (Å²) in [6.45, 7) is 0. The number of carbonyl (C=O) groups excluding carboxylic acids is 1. The summed E-state index contributed by atoms with van der Waals surface area (Å²) in [6, 6.07) is 8.01. The van der Waals surface area contributed by atoms with Gasteiger partial charge in [0.1, 0.15) is 0 Å². The van der Waals surface area contributed by atoms with E-state index in [-0.39, 0.29) is 31.4 Å². The molecule has 2 rings (SSSR count). The third-order valence-electron chi connectivity index (χ3n) is 2.84. The minimum absolute atomic E-state index is 0.0897. The lowest BCUT2D eigenvalue weighted by Crippen LogP contribution is -2.14. The van der Waals surface area contributed by atoms with Crippen molar-refractivity contribution in [2.45, 2.75) is 4.90 Å². The fraction of sp³-hybridized carbons (Fsp3) is 0.0714. The number of phenols is 1. The van der Waals surface area contributed by atoms with Crippen molar-refractivity contribution in [3.63, 3.8) is 0 Å². The number of esters is 1. The summed E-state index contributed by atoms with van der Waals surface area (Å²) < 4.78 is 31.8. The van der Waals surface area contributed by atoms with Crippen LogP contribution in [0, 0.1) is 0 Å². The predicted molar refractivity (Wildman–Crippen MR) is 89.4 cm³/mol. The molecule has 0 heterocycles. The highest BCUT2D eigenvalue weighted by Gasteiger charge is 2.19. The second-order valence-electron chi connectivity index (χ2n) is 4.41. The molecule has 2 aromatic rings. The molecule has 0 aliphatic carbocycles. The molecule has 0 bridgehead atoms. The number of halogens is 2. The standard InChI is InChI=1S/C14H11BrClNO5S/c1-22-14(19)8-3-2-4-10(5-8)23(20,21)17-12-7-9(16)6-11(15)13(12)18/h2-7,17-18H,1H3. The molecule has 2 N–H and O–H groups in total. The van der Waals surface area contributed by atoms with Gasteiger partial charge in [0.25, 0.3) is 10.0 Å². The second-order valence-corrected chi connectivity index (χ2v) is 7.38. The van der Waals surface area contributed by atoms with Gasteiger partial charge in [-0.1, -0.05) is 17.7 Å². The van der Waals surface area contributed by atoms with Gasteiger partial charge in [0.05, 0.1) is 27.7 Å². The third-order valence-corrected chi connectivity index (χ3v) is 5.02. The van der Waals surface area contributed by atoms with Crippen LogP contribution in [-0.2, 0) is 14.8 Å². The molecule has 23 heavy (non-hydrogen) atoms. The highest BCUT2D eigenvalue weighted by molar-refractivity contribution is 9.10. The van der Waals surface area contributed by atoms with E-state index in [9.17, 15) is 18.3 Å². The average molecular weight is 421 g/mol. The van der Waals surface area contributed by atoms with E-state index in [0.29, 0.717) is 0 Å². The summed E-state index contributed by atoms with van der Waals surface area (Å²) in [5, 5.41) is 10.1. The Morgan fingerprint density at radius 2 is 2.00 bits per heavy atom. The number of carbonyl (C=O) groups is 1. The molecule has 0 spiro atoms. The average Bonchev–Trinajstić information content (AvgIpc) is 2.51. The highest BCUT2D eigenvalue weighted by atomic mass is 79.9. The number of benzene rings is 2. The molecular weight excluding hydrogens is 410 g/mol. The van der Waals surface area contributed by atoms with E-state index in [1.54, 1.807) is 0 Å². The van der Waals surface area contributed by atoms with Gasteiger partial charge in [0, 0.05) is 5.02 Å². The zero-order chi connectivity index (χ0) is 17.2. The number of phenolic OH excluding ortho intramolecular Hbond substituents is 1. The van der Waals surface area contributed by atoms with Gasteiger partial charge >= 0.3 is 5.97 Å². The molecule has 0 fully saturated rings. The maximum atomic E-state index is 12.4. The van der Waals surface area contributed by atoms with Crippen LogP contribution in [0.25, 0.3) is 0 Å². The minimum Gasteiger partial charge on any atom is -0.505 e. The molecule has 0 amide bonds. The quantitative estimate of drug-likeness (QED) is 0.584. The van der Waals surface area contributed by atoms with E-state index >= 15 is 0 Å². The van der Waals surface area contributed by atoms with Crippen LogP contribution in [0.4, 0.5) is 5.69 Å². The number of rotatable bonds is 4. The number of hydrogen-bond donors (Lipinski definition) is 2. The van der Waals surface area contributed by atoms with Crippen molar-refractivity contribution in [2.75, 3.05) is 11.8 Å². The normalized spacial score (nSPS) is 11.1. The van der Waals surface area contributed by atoms with E-state index in [4.69, 9.17) is 11.6 Å². The van der Waals surface area contributed by atoms with Crippen molar-refractivity contribution < 1.29 is 23.1 Å². The number of methoxy groups -OCH3 is 1. The van der Waals surface area contributed by atoms with E-state index < -0.39 is 16.0 Å². The first-order valence-corrected chi connectivity index (χ1v) is 8.79. The number of hydrogen-bond acceptors (Lipinski definition) is 5. The number of aromatic hydroxyl groups is 1. The van der Waals surface area contributed by atoms with Crippen LogP contribution in [0.3, 0.4) is 0 Å². The fourth-order valence-electron chi connectivity index (χ4n) is 1.76. The Morgan fingerprint density at radius 3 is 2.65 bits per heavy atom. The summed E-state index contributed by atoms with van der Waals surface area (Å²) >= 11 is 8.92. The van der Waals surface area contributed by atoms with Crippen LogP contribution >= 0.6 is 27.5 Å². The monoisotopic (exact) mass is 419 g/mol. The Bertz CT molecular complexity index is 869. The van der Waals surface area contributed by atoms with Gasteiger partial charge in [-0.2, -0.15) is 0 Å². The minimum atomic E-state index is -4.03. The first kappa shape index (κ1) is 17.6. The lowest BCUT2D eigenvalue weighted by Gasteiger charge is -2.11. The second kappa shape index (κ2) is 6.77. The Balaban J connectivity index is 2.42. The molecule has 0 aliphatic rings. The van der Waals surface area contributed by atoms with Gasteiger partial charge in [0.2, 0.25) is 0 Å². The first-order chi connectivity index (χ1) is 10.7. The molecule has 0 saturated heterocycles. The van der Waals surface area contributed by atoms with Gasteiger partial charge in [-0.25, -0.2) is 13.2 Å². The smallest absolute Gasteiger partial charge is 0.337 e. The maximum absolute atomic E-state index is 12.4. The van der Waals surface area contributed by atoms with Crippen molar-refractivity contribution in [3.05, 3.63) is 51.5 Å². The van der Waals surface area contributed by atoms with Crippen molar-refractivity contribution >= 4 is 49.2 Å². The summed E-state index contributed by atoms with van der Waals surface area (Å²) in [7, 11) is -2.83. The van der Waals surface area contributed by atoms with Crippen LogP contribution in [0.2, 0.25) is 5.02 Å².